The predicted molar refractivity (Wildman–Crippen MR) is 149 cm³/mol. The second kappa shape index (κ2) is 15.1. The number of ether oxygens (including phenoxy) is 1. The number of methoxy groups -OCH3 is 1. The molecule has 0 fully saturated rings. The number of rotatable bonds is 15. The van der Waals surface area contributed by atoms with Crippen LogP contribution < -0.4 is 15.5 Å². The Hall–Kier alpha value is -3.37. The Labute approximate surface area is 225 Å². The van der Waals surface area contributed by atoms with Gasteiger partial charge in [0.15, 0.2) is 9.84 Å². The minimum atomic E-state index is -3.73. The quantitative estimate of drug-likeness (QED) is 0.127. The molecule has 0 unspecified atom stereocenters. The summed E-state index contributed by atoms with van der Waals surface area (Å²) in [5.74, 6) is -0.898. The lowest BCUT2D eigenvalue weighted by Crippen LogP contribution is -2.25. The summed E-state index contributed by atoms with van der Waals surface area (Å²) >= 11 is 0. The first kappa shape index (κ1) is 30.9. The Morgan fingerprint density at radius 2 is 1.71 bits per heavy atom. The molecule has 0 heterocycles. The van der Waals surface area contributed by atoms with Gasteiger partial charge in [0.2, 0.25) is 5.91 Å². The van der Waals surface area contributed by atoms with Crippen molar-refractivity contribution >= 4 is 33.4 Å². The number of nitrogens with one attached hydrogen (secondary N) is 2. The molecule has 208 valence electrons. The fraction of sp³-hybridized carbons (Fsp3) is 0.429. The second-order valence-electron chi connectivity index (χ2n) is 9.17. The zero-order valence-electron chi connectivity index (χ0n) is 22.6. The monoisotopic (exact) mass is 545 g/mol. The lowest BCUT2D eigenvalue weighted by atomic mass is 10.0. The van der Waals surface area contributed by atoms with Crippen LogP contribution in [0.3, 0.4) is 0 Å². The highest BCUT2D eigenvalue weighted by molar-refractivity contribution is 7.91. The van der Waals surface area contributed by atoms with Crippen molar-refractivity contribution in [2.75, 3.05) is 31.9 Å². The van der Waals surface area contributed by atoms with E-state index < -0.39 is 21.6 Å². The predicted octanol–water partition coefficient (Wildman–Crippen LogP) is 4.80. The molecule has 9 nitrogen and oxygen atoms in total. The van der Waals surface area contributed by atoms with Gasteiger partial charge in [-0.25, -0.2) is 13.9 Å². The molecule has 3 N–H and O–H groups in total. The minimum absolute atomic E-state index is 0.0463. The summed E-state index contributed by atoms with van der Waals surface area (Å²) in [4.78, 5) is 26.7. The van der Waals surface area contributed by atoms with Crippen molar-refractivity contribution < 1.29 is 28.0 Å². The number of sulfone groups is 1. The highest BCUT2D eigenvalue weighted by Crippen LogP contribution is 2.25. The number of hydroxylamine groups is 1. The molecule has 0 radical (unpaired) electrons. The van der Waals surface area contributed by atoms with E-state index >= 15 is 0 Å². The number of likely N-dealkylation sites (N-methyl/N-ethyl adjacent to an activating group) is 1. The van der Waals surface area contributed by atoms with Crippen molar-refractivity contribution in [1.29, 1.82) is 0 Å². The van der Waals surface area contributed by atoms with Crippen LogP contribution in [0.15, 0.2) is 47.4 Å². The molecule has 10 heteroatoms. The van der Waals surface area contributed by atoms with Gasteiger partial charge in [-0.2, -0.15) is 0 Å². The minimum Gasteiger partial charge on any atom is -0.497 e. The van der Waals surface area contributed by atoms with Crippen LogP contribution in [-0.2, 0) is 14.6 Å². The largest absolute Gasteiger partial charge is 0.497 e. The van der Waals surface area contributed by atoms with Crippen LogP contribution in [-0.4, -0.2) is 56.9 Å². The first-order valence-corrected chi connectivity index (χ1v) is 14.4. The fourth-order valence-electron chi connectivity index (χ4n) is 3.95. The van der Waals surface area contributed by atoms with Crippen LogP contribution in [0.25, 0.3) is 6.08 Å². The Kier molecular flexibility index (Phi) is 12.3. The molecule has 0 atom stereocenters. The number of hydrogen-bond donors (Lipinski definition) is 3. The van der Waals surface area contributed by atoms with E-state index in [0.29, 0.717) is 23.4 Å². The summed E-state index contributed by atoms with van der Waals surface area (Å²) in [7, 11) is -0.484. The molecule has 0 saturated carbocycles. The Morgan fingerprint density at radius 3 is 2.34 bits per heavy atom. The number of carbonyl (C=O) groups is 2. The van der Waals surface area contributed by atoms with E-state index in [-0.39, 0.29) is 22.1 Å². The number of anilines is 1. The van der Waals surface area contributed by atoms with E-state index in [1.54, 1.807) is 48.6 Å². The Morgan fingerprint density at radius 1 is 1.05 bits per heavy atom. The maximum absolute atomic E-state index is 12.8. The molecule has 0 spiro atoms. The molecule has 0 saturated heterocycles. The van der Waals surface area contributed by atoms with Crippen LogP contribution >= 0.6 is 0 Å². The van der Waals surface area contributed by atoms with Crippen LogP contribution in [0, 0.1) is 6.92 Å². The molecule has 0 aliphatic rings. The standard InChI is InChI=1S/C28H39N3O6S/c1-5-6-7-8-9-10-17-31(3)26(32)16-11-22-18-21(2)27(25(19-22)28(33)30-34)29-20-38(35,36)24-14-12-23(37-4)13-15-24/h11-16,18-19,29,34H,5-10,17,20H2,1-4H3,(H,30,33). The Bertz CT molecular complexity index is 1210. The van der Waals surface area contributed by atoms with Gasteiger partial charge < -0.3 is 15.0 Å². The summed E-state index contributed by atoms with van der Waals surface area (Å²) in [6, 6.07) is 9.20. The molecular weight excluding hydrogens is 506 g/mol. The molecule has 2 aromatic carbocycles. The van der Waals surface area contributed by atoms with Crippen LogP contribution in [0.1, 0.15) is 66.9 Å². The summed E-state index contributed by atoms with van der Waals surface area (Å²) in [5, 5.41) is 12.1. The molecule has 38 heavy (non-hydrogen) atoms. The van der Waals surface area contributed by atoms with Gasteiger partial charge in [0.05, 0.1) is 23.3 Å². The average molecular weight is 546 g/mol. The molecule has 2 rings (SSSR count). The highest BCUT2D eigenvalue weighted by Gasteiger charge is 2.19. The van der Waals surface area contributed by atoms with E-state index in [2.05, 4.69) is 12.2 Å². The smallest absolute Gasteiger partial charge is 0.276 e. The topological polar surface area (TPSA) is 125 Å². The first-order valence-electron chi connectivity index (χ1n) is 12.8. The number of unbranched alkanes of at least 4 members (excludes halogenated alkanes) is 5. The van der Waals surface area contributed by atoms with Gasteiger partial charge in [-0.1, -0.05) is 39.0 Å². The van der Waals surface area contributed by atoms with Gasteiger partial charge in [0.25, 0.3) is 5.91 Å². The third-order valence-electron chi connectivity index (χ3n) is 6.20. The molecular formula is C28H39N3O6S. The number of aryl methyl sites for hydroxylation is 1. The summed E-state index contributed by atoms with van der Waals surface area (Å²) in [5.41, 5.74) is 3.04. The summed E-state index contributed by atoms with van der Waals surface area (Å²) < 4.78 is 30.7. The van der Waals surface area contributed by atoms with E-state index in [1.807, 2.05) is 0 Å². The molecule has 0 aliphatic carbocycles. The lowest BCUT2D eigenvalue weighted by molar-refractivity contribution is -0.124. The maximum Gasteiger partial charge on any atom is 0.276 e. The molecule has 0 aromatic heterocycles. The van der Waals surface area contributed by atoms with E-state index in [1.165, 1.54) is 57.1 Å². The van der Waals surface area contributed by atoms with Crippen molar-refractivity contribution in [2.45, 2.75) is 57.3 Å². The normalized spacial score (nSPS) is 11.4. The van der Waals surface area contributed by atoms with E-state index in [4.69, 9.17) is 4.74 Å². The van der Waals surface area contributed by atoms with Gasteiger partial charge in [0, 0.05) is 19.7 Å². The van der Waals surface area contributed by atoms with Gasteiger partial charge >= 0.3 is 0 Å². The van der Waals surface area contributed by atoms with Gasteiger partial charge in [-0.05, 0) is 66.9 Å². The summed E-state index contributed by atoms with van der Waals surface area (Å²) in [6.45, 7) is 4.55. The third-order valence-corrected chi connectivity index (χ3v) is 7.72. The lowest BCUT2D eigenvalue weighted by Gasteiger charge is -2.16. The number of carbonyl (C=O) groups excluding carboxylic acids is 2. The van der Waals surface area contributed by atoms with Gasteiger partial charge in [-0.3, -0.25) is 14.8 Å². The molecule has 2 amide bonds. The average Bonchev–Trinajstić information content (AvgIpc) is 2.92. The van der Waals surface area contributed by atoms with Crippen molar-refractivity contribution in [3.05, 3.63) is 59.2 Å². The number of hydrogen-bond acceptors (Lipinski definition) is 7. The number of amides is 2. The van der Waals surface area contributed by atoms with Gasteiger partial charge in [-0.15, -0.1) is 0 Å². The molecule has 0 aliphatic heterocycles. The Balaban J connectivity index is 2.12. The molecule has 2 aromatic rings. The van der Waals surface area contributed by atoms with Gasteiger partial charge in [0.1, 0.15) is 11.6 Å². The number of nitrogens with zero attached hydrogens (tertiary/aromatic N) is 1. The second-order valence-corrected chi connectivity index (χ2v) is 11.2. The highest BCUT2D eigenvalue weighted by atomic mass is 32.2. The first-order chi connectivity index (χ1) is 18.1. The fourth-order valence-corrected chi connectivity index (χ4v) is 5.00. The van der Waals surface area contributed by atoms with E-state index in [9.17, 15) is 23.2 Å². The SMILES string of the molecule is CCCCCCCCN(C)C(=O)C=Cc1cc(C)c(NCS(=O)(=O)c2ccc(OC)cc2)c(C(=O)NO)c1. The van der Waals surface area contributed by atoms with Crippen molar-refractivity contribution in [1.82, 2.24) is 10.4 Å². The molecule has 0 bridgehead atoms. The number of benzene rings is 2. The van der Waals surface area contributed by atoms with Crippen molar-refractivity contribution in [3.63, 3.8) is 0 Å². The zero-order chi connectivity index (χ0) is 28.1. The summed E-state index contributed by atoms with van der Waals surface area (Å²) in [6.07, 6.45) is 9.89. The van der Waals surface area contributed by atoms with Crippen LogP contribution in [0.5, 0.6) is 5.75 Å². The van der Waals surface area contributed by atoms with Crippen molar-refractivity contribution in [2.24, 2.45) is 0 Å². The van der Waals surface area contributed by atoms with Crippen molar-refractivity contribution in [3.8, 4) is 5.75 Å². The van der Waals surface area contributed by atoms with Crippen LogP contribution in [0.2, 0.25) is 0 Å². The van der Waals surface area contributed by atoms with E-state index in [0.717, 1.165) is 12.8 Å². The van der Waals surface area contributed by atoms with Crippen LogP contribution in [0.4, 0.5) is 5.69 Å². The zero-order valence-corrected chi connectivity index (χ0v) is 23.4. The maximum atomic E-state index is 12.8. The third kappa shape index (κ3) is 9.18.